The van der Waals surface area contributed by atoms with Crippen LogP contribution in [0.5, 0.6) is 0 Å². The SMILES string of the molecule is Clc1ccc(-c2ccc(C#CCCc3ccccc3CC3CCN3)nc2)cc1. The normalized spacial score (nSPS) is 15.4. The summed E-state index contributed by atoms with van der Waals surface area (Å²) in [5, 5.41) is 4.23. The van der Waals surface area contributed by atoms with Crippen molar-refractivity contribution in [3.63, 3.8) is 0 Å². The van der Waals surface area contributed by atoms with Gasteiger partial charge in [0.05, 0.1) is 0 Å². The van der Waals surface area contributed by atoms with Gasteiger partial charge in [-0.05, 0) is 66.6 Å². The first-order valence-corrected chi connectivity index (χ1v) is 10.2. The van der Waals surface area contributed by atoms with Crippen LogP contribution in [0.1, 0.15) is 29.7 Å². The lowest BCUT2D eigenvalue weighted by molar-refractivity contribution is 0.368. The molecule has 140 valence electrons. The largest absolute Gasteiger partial charge is 0.314 e. The van der Waals surface area contributed by atoms with Crippen molar-refractivity contribution in [3.05, 3.63) is 88.7 Å². The Morgan fingerprint density at radius 2 is 1.71 bits per heavy atom. The van der Waals surface area contributed by atoms with Gasteiger partial charge in [0, 0.05) is 29.2 Å². The molecule has 1 saturated heterocycles. The Balaban J connectivity index is 1.35. The van der Waals surface area contributed by atoms with Crippen LogP contribution in [0.2, 0.25) is 5.02 Å². The predicted molar refractivity (Wildman–Crippen MR) is 116 cm³/mol. The molecule has 4 rings (SSSR count). The number of hydrogen-bond acceptors (Lipinski definition) is 2. The lowest BCUT2D eigenvalue weighted by Gasteiger charge is -2.28. The molecule has 0 saturated carbocycles. The Labute approximate surface area is 172 Å². The molecule has 2 heterocycles. The molecule has 1 aliphatic rings. The van der Waals surface area contributed by atoms with E-state index in [0.717, 1.165) is 47.7 Å². The van der Waals surface area contributed by atoms with Crippen molar-refractivity contribution in [1.29, 1.82) is 0 Å². The van der Waals surface area contributed by atoms with Crippen LogP contribution in [0.4, 0.5) is 0 Å². The van der Waals surface area contributed by atoms with Crippen molar-refractivity contribution in [2.75, 3.05) is 6.54 Å². The van der Waals surface area contributed by atoms with Crippen LogP contribution in [-0.4, -0.2) is 17.6 Å². The van der Waals surface area contributed by atoms with Crippen molar-refractivity contribution in [1.82, 2.24) is 10.3 Å². The highest BCUT2D eigenvalue weighted by molar-refractivity contribution is 6.30. The van der Waals surface area contributed by atoms with E-state index in [-0.39, 0.29) is 0 Å². The number of nitrogens with one attached hydrogen (secondary N) is 1. The van der Waals surface area contributed by atoms with Gasteiger partial charge in [0.25, 0.3) is 0 Å². The number of nitrogens with zero attached hydrogens (tertiary/aromatic N) is 1. The first-order chi connectivity index (χ1) is 13.8. The fourth-order valence-electron chi connectivity index (χ4n) is 3.42. The lowest BCUT2D eigenvalue weighted by Crippen LogP contribution is -2.44. The maximum Gasteiger partial charge on any atom is 0.113 e. The number of benzene rings is 2. The summed E-state index contributed by atoms with van der Waals surface area (Å²) in [6.45, 7) is 1.15. The van der Waals surface area contributed by atoms with Crippen molar-refractivity contribution in [2.24, 2.45) is 0 Å². The molecular formula is C25H23ClN2. The summed E-state index contributed by atoms with van der Waals surface area (Å²) in [6, 6.07) is 21.2. The molecule has 1 fully saturated rings. The summed E-state index contributed by atoms with van der Waals surface area (Å²) < 4.78 is 0. The van der Waals surface area contributed by atoms with Gasteiger partial charge >= 0.3 is 0 Å². The van der Waals surface area contributed by atoms with Gasteiger partial charge in [0.15, 0.2) is 0 Å². The first-order valence-electron chi connectivity index (χ1n) is 9.79. The van der Waals surface area contributed by atoms with E-state index < -0.39 is 0 Å². The van der Waals surface area contributed by atoms with Crippen molar-refractivity contribution >= 4 is 11.6 Å². The number of aryl methyl sites for hydroxylation is 1. The van der Waals surface area contributed by atoms with E-state index in [2.05, 4.69) is 52.5 Å². The van der Waals surface area contributed by atoms with Gasteiger partial charge in [0.2, 0.25) is 0 Å². The predicted octanol–water partition coefficient (Wildman–Crippen LogP) is 5.29. The third kappa shape index (κ3) is 4.81. The number of halogens is 1. The second-order valence-electron chi connectivity index (χ2n) is 7.15. The topological polar surface area (TPSA) is 24.9 Å². The van der Waals surface area contributed by atoms with Crippen LogP contribution in [0.3, 0.4) is 0 Å². The summed E-state index contributed by atoms with van der Waals surface area (Å²) in [5.41, 5.74) is 5.85. The molecule has 1 unspecified atom stereocenters. The van der Waals surface area contributed by atoms with Crippen LogP contribution < -0.4 is 5.32 Å². The smallest absolute Gasteiger partial charge is 0.113 e. The number of aromatic nitrogens is 1. The lowest BCUT2D eigenvalue weighted by atomic mass is 9.93. The van der Waals surface area contributed by atoms with Crippen LogP contribution in [0, 0.1) is 11.8 Å². The van der Waals surface area contributed by atoms with Crippen molar-refractivity contribution in [3.8, 4) is 23.0 Å². The molecular weight excluding hydrogens is 364 g/mol. The van der Waals surface area contributed by atoms with Crippen molar-refractivity contribution in [2.45, 2.75) is 31.7 Å². The number of hydrogen-bond donors (Lipinski definition) is 1. The number of pyridine rings is 1. The Morgan fingerprint density at radius 1 is 0.964 bits per heavy atom. The Kier molecular flexibility index (Phi) is 6.07. The van der Waals surface area contributed by atoms with Crippen LogP contribution >= 0.6 is 11.6 Å². The highest BCUT2D eigenvalue weighted by Crippen LogP contribution is 2.21. The molecule has 1 aromatic heterocycles. The molecule has 3 heteroatoms. The molecule has 1 atom stereocenters. The van der Waals surface area contributed by atoms with E-state index in [0.29, 0.717) is 6.04 Å². The van der Waals surface area contributed by atoms with Crippen LogP contribution in [-0.2, 0) is 12.8 Å². The summed E-state index contributed by atoms with van der Waals surface area (Å²) in [7, 11) is 0. The van der Waals surface area contributed by atoms with Gasteiger partial charge in [0.1, 0.15) is 5.69 Å². The summed E-state index contributed by atoms with van der Waals surface area (Å²) in [5.74, 6) is 6.47. The molecule has 0 bridgehead atoms. The van der Waals surface area contributed by atoms with Gasteiger partial charge in [-0.2, -0.15) is 0 Å². The van der Waals surface area contributed by atoms with Gasteiger partial charge in [-0.25, -0.2) is 4.98 Å². The molecule has 1 N–H and O–H groups in total. The highest BCUT2D eigenvalue weighted by atomic mass is 35.5. The quantitative estimate of drug-likeness (QED) is 0.602. The third-order valence-electron chi connectivity index (χ3n) is 5.19. The fourth-order valence-corrected chi connectivity index (χ4v) is 3.55. The molecule has 1 aliphatic heterocycles. The Hall–Kier alpha value is -2.60. The Morgan fingerprint density at radius 3 is 2.39 bits per heavy atom. The fraction of sp³-hybridized carbons (Fsp3) is 0.240. The monoisotopic (exact) mass is 386 g/mol. The minimum atomic E-state index is 0.649. The minimum absolute atomic E-state index is 0.649. The van der Waals surface area contributed by atoms with Gasteiger partial charge < -0.3 is 5.32 Å². The van der Waals surface area contributed by atoms with E-state index >= 15 is 0 Å². The average molecular weight is 387 g/mol. The van der Waals surface area contributed by atoms with Gasteiger partial charge in [-0.15, -0.1) is 0 Å². The average Bonchev–Trinajstić information content (AvgIpc) is 2.70. The zero-order valence-corrected chi connectivity index (χ0v) is 16.5. The molecule has 2 nitrogen and oxygen atoms in total. The van der Waals surface area contributed by atoms with Gasteiger partial charge in [-0.3, -0.25) is 0 Å². The molecule has 28 heavy (non-hydrogen) atoms. The zero-order chi connectivity index (χ0) is 19.2. The minimum Gasteiger partial charge on any atom is -0.314 e. The van der Waals surface area contributed by atoms with Crippen molar-refractivity contribution < 1.29 is 0 Å². The van der Waals surface area contributed by atoms with E-state index in [1.807, 2.05) is 36.5 Å². The molecule has 2 aromatic carbocycles. The summed E-state index contributed by atoms with van der Waals surface area (Å²) in [4.78, 5) is 4.48. The molecule has 0 aliphatic carbocycles. The first kappa shape index (κ1) is 18.7. The van der Waals surface area contributed by atoms with Crippen LogP contribution in [0.25, 0.3) is 11.1 Å². The van der Waals surface area contributed by atoms with Crippen LogP contribution in [0.15, 0.2) is 66.9 Å². The highest BCUT2D eigenvalue weighted by Gasteiger charge is 2.17. The summed E-state index contributed by atoms with van der Waals surface area (Å²) >= 11 is 5.95. The maximum absolute atomic E-state index is 5.95. The second-order valence-corrected chi connectivity index (χ2v) is 7.59. The van der Waals surface area contributed by atoms with E-state index in [1.54, 1.807) is 0 Å². The van der Waals surface area contributed by atoms with Gasteiger partial charge in [-0.1, -0.05) is 60.0 Å². The molecule has 0 spiro atoms. The van der Waals surface area contributed by atoms with E-state index in [4.69, 9.17) is 11.6 Å². The zero-order valence-electron chi connectivity index (χ0n) is 15.8. The summed E-state index contributed by atoms with van der Waals surface area (Å²) in [6.07, 6.45) is 6.10. The molecule has 3 aromatic rings. The standard InChI is InChI=1S/C25H23ClN2/c26-23-12-9-20(10-13-23)22-11-14-24(28-18-22)8-4-3-6-19-5-1-2-7-21(19)17-25-15-16-27-25/h1-2,5,7,9-14,18,25,27H,3,6,15-17H2. The van der Waals surface area contributed by atoms with E-state index in [1.165, 1.54) is 17.5 Å². The Bertz CT molecular complexity index is 978. The van der Waals surface area contributed by atoms with E-state index in [9.17, 15) is 0 Å². The third-order valence-corrected chi connectivity index (χ3v) is 5.44. The maximum atomic E-state index is 5.95. The number of rotatable bonds is 5. The second kappa shape index (κ2) is 9.06. The molecule has 0 amide bonds. The molecule has 0 radical (unpaired) electrons.